The molecule has 0 aliphatic carbocycles. The lowest BCUT2D eigenvalue weighted by Crippen LogP contribution is -2.24. The largest absolute Gasteiger partial charge is 0.337 e. The van der Waals surface area contributed by atoms with Gasteiger partial charge in [-0.2, -0.15) is 4.98 Å². The molecular formula is C17H23N3O. The first-order valence-electron chi connectivity index (χ1n) is 7.61. The minimum absolute atomic E-state index is 0.194. The van der Waals surface area contributed by atoms with Crippen LogP contribution >= 0.6 is 0 Å². The molecule has 4 heteroatoms. The van der Waals surface area contributed by atoms with Crippen molar-refractivity contribution in [2.75, 3.05) is 18.0 Å². The second kappa shape index (κ2) is 5.17. The molecule has 0 spiro atoms. The molecule has 1 saturated heterocycles. The summed E-state index contributed by atoms with van der Waals surface area (Å²) in [6.45, 7) is 10.6. The van der Waals surface area contributed by atoms with Crippen molar-refractivity contribution in [2.45, 2.75) is 39.5 Å². The van der Waals surface area contributed by atoms with Gasteiger partial charge < -0.3 is 9.42 Å². The van der Waals surface area contributed by atoms with Crippen LogP contribution in [0.25, 0.3) is 0 Å². The lowest BCUT2D eigenvalue weighted by atomic mass is 9.78. The van der Waals surface area contributed by atoms with Crippen LogP contribution in [0.2, 0.25) is 0 Å². The molecular weight excluding hydrogens is 262 g/mol. The first kappa shape index (κ1) is 14.1. The summed E-state index contributed by atoms with van der Waals surface area (Å²) >= 11 is 0. The Labute approximate surface area is 126 Å². The first-order chi connectivity index (χ1) is 9.97. The van der Waals surface area contributed by atoms with Gasteiger partial charge in [0.2, 0.25) is 5.89 Å². The SMILES string of the molecule is CC(C)c1nc(N2CC(c3ccccc3)C(C)(C)C2)no1. The molecule has 2 aromatic rings. The van der Waals surface area contributed by atoms with E-state index in [4.69, 9.17) is 4.52 Å². The minimum Gasteiger partial charge on any atom is -0.337 e. The van der Waals surface area contributed by atoms with Gasteiger partial charge in [0, 0.05) is 24.9 Å². The van der Waals surface area contributed by atoms with E-state index in [1.165, 1.54) is 5.56 Å². The molecule has 4 nitrogen and oxygen atoms in total. The van der Waals surface area contributed by atoms with Gasteiger partial charge in [0.25, 0.3) is 5.95 Å². The Morgan fingerprint density at radius 3 is 2.57 bits per heavy atom. The third-order valence-corrected chi connectivity index (χ3v) is 4.35. The molecule has 1 aliphatic heterocycles. The fourth-order valence-corrected chi connectivity index (χ4v) is 3.12. The molecule has 0 bridgehead atoms. The molecule has 112 valence electrons. The number of anilines is 1. The molecule has 21 heavy (non-hydrogen) atoms. The Hall–Kier alpha value is -1.84. The Kier molecular flexibility index (Phi) is 3.47. The molecule has 1 aromatic carbocycles. The maximum Gasteiger partial charge on any atom is 0.266 e. The molecule has 0 radical (unpaired) electrons. The average Bonchev–Trinajstić information content (AvgIpc) is 3.04. The molecule has 1 aromatic heterocycles. The van der Waals surface area contributed by atoms with Gasteiger partial charge in [-0.15, -0.1) is 0 Å². The van der Waals surface area contributed by atoms with Crippen LogP contribution in [0.15, 0.2) is 34.9 Å². The number of benzene rings is 1. The maximum absolute atomic E-state index is 5.34. The maximum atomic E-state index is 5.34. The van der Waals surface area contributed by atoms with Crippen molar-refractivity contribution < 1.29 is 4.52 Å². The standard InChI is InChI=1S/C17H23N3O/c1-12(2)15-18-16(19-21-15)20-10-14(17(3,4)11-20)13-8-6-5-7-9-13/h5-9,12,14H,10-11H2,1-4H3. The summed E-state index contributed by atoms with van der Waals surface area (Å²) in [4.78, 5) is 6.78. The van der Waals surface area contributed by atoms with Gasteiger partial charge in [0.15, 0.2) is 0 Å². The molecule has 1 atom stereocenters. The summed E-state index contributed by atoms with van der Waals surface area (Å²) in [5.74, 6) is 2.20. The lowest BCUT2D eigenvalue weighted by molar-refractivity contribution is 0.361. The summed E-state index contributed by atoms with van der Waals surface area (Å²) in [5, 5.41) is 4.15. The van der Waals surface area contributed by atoms with E-state index in [-0.39, 0.29) is 11.3 Å². The van der Waals surface area contributed by atoms with E-state index in [1.807, 2.05) is 0 Å². The first-order valence-corrected chi connectivity index (χ1v) is 7.61. The van der Waals surface area contributed by atoms with Crippen molar-refractivity contribution in [3.63, 3.8) is 0 Å². The van der Waals surface area contributed by atoms with Gasteiger partial charge in [0.05, 0.1) is 0 Å². The van der Waals surface area contributed by atoms with Crippen molar-refractivity contribution >= 4 is 5.95 Å². The molecule has 0 N–H and O–H groups in total. The van der Waals surface area contributed by atoms with Crippen molar-refractivity contribution in [3.05, 3.63) is 41.8 Å². The van der Waals surface area contributed by atoms with E-state index < -0.39 is 0 Å². The Bertz CT molecular complexity index is 604. The zero-order valence-corrected chi connectivity index (χ0v) is 13.2. The molecule has 1 unspecified atom stereocenters. The third-order valence-electron chi connectivity index (χ3n) is 4.35. The van der Waals surface area contributed by atoms with E-state index in [1.54, 1.807) is 0 Å². The highest BCUT2D eigenvalue weighted by atomic mass is 16.5. The van der Waals surface area contributed by atoms with Crippen LogP contribution in [-0.4, -0.2) is 23.2 Å². The topological polar surface area (TPSA) is 42.2 Å². The average molecular weight is 285 g/mol. The lowest BCUT2D eigenvalue weighted by Gasteiger charge is -2.25. The molecule has 1 aliphatic rings. The van der Waals surface area contributed by atoms with Crippen LogP contribution in [0.5, 0.6) is 0 Å². The Balaban J connectivity index is 1.84. The molecule has 0 amide bonds. The normalized spacial score (nSPS) is 21.2. The van der Waals surface area contributed by atoms with Crippen molar-refractivity contribution in [3.8, 4) is 0 Å². The van der Waals surface area contributed by atoms with Gasteiger partial charge in [-0.25, -0.2) is 0 Å². The van der Waals surface area contributed by atoms with Crippen LogP contribution < -0.4 is 4.90 Å². The highest BCUT2D eigenvalue weighted by Crippen LogP contribution is 2.43. The fourth-order valence-electron chi connectivity index (χ4n) is 3.12. The summed E-state index contributed by atoms with van der Waals surface area (Å²) < 4.78 is 5.34. The van der Waals surface area contributed by atoms with Crippen molar-refractivity contribution in [1.82, 2.24) is 10.1 Å². The zero-order valence-electron chi connectivity index (χ0n) is 13.2. The van der Waals surface area contributed by atoms with Gasteiger partial charge >= 0.3 is 0 Å². The van der Waals surface area contributed by atoms with Crippen LogP contribution in [0.3, 0.4) is 0 Å². The molecule has 2 heterocycles. The second-order valence-corrected chi connectivity index (χ2v) is 6.92. The predicted octanol–water partition coefficient (Wildman–Crippen LogP) is 3.82. The van der Waals surface area contributed by atoms with E-state index >= 15 is 0 Å². The van der Waals surface area contributed by atoms with E-state index in [2.05, 4.69) is 73.1 Å². The Morgan fingerprint density at radius 1 is 1.24 bits per heavy atom. The number of nitrogens with zero attached hydrogens (tertiary/aromatic N) is 3. The Morgan fingerprint density at radius 2 is 1.95 bits per heavy atom. The number of rotatable bonds is 3. The van der Waals surface area contributed by atoms with Gasteiger partial charge in [-0.1, -0.05) is 58.0 Å². The van der Waals surface area contributed by atoms with Crippen LogP contribution in [0.1, 0.15) is 51.0 Å². The molecule has 3 rings (SSSR count). The quantitative estimate of drug-likeness (QED) is 0.859. The van der Waals surface area contributed by atoms with Crippen molar-refractivity contribution in [1.29, 1.82) is 0 Å². The predicted molar refractivity (Wildman–Crippen MR) is 83.6 cm³/mol. The van der Waals surface area contributed by atoms with Crippen LogP contribution in [0.4, 0.5) is 5.95 Å². The highest BCUT2D eigenvalue weighted by Gasteiger charge is 2.41. The summed E-state index contributed by atoms with van der Waals surface area (Å²) in [6, 6.07) is 10.7. The van der Waals surface area contributed by atoms with Crippen LogP contribution in [-0.2, 0) is 0 Å². The monoisotopic (exact) mass is 285 g/mol. The minimum atomic E-state index is 0.194. The van der Waals surface area contributed by atoms with E-state index in [0.29, 0.717) is 11.8 Å². The smallest absolute Gasteiger partial charge is 0.266 e. The number of hydrogen-bond acceptors (Lipinski definition) is 4. The van der Waals surface area contributed by atoms with Crippen molar-refractivity contribution in [2.24, 2.45) is 5.41 Å². The van der Waals surface area contributed by atoms with Crippen LogP contribution in [0, 0.1) is 5.41 Å². The van der Waals surface area contributed by atoms with E-state index in [0.717, 1.165) is 19.0 Å². The summed E-state index contributed by atoms with van der Waals surface area (Å²) in [5.41, 5.74) is 1.58. The fraction of sp³-hybridized carbons (Fsp3) is 0.529. The van der Waals surface area contributed by atoms with E-state index in [9.17, 15) is 0 Å². The zero-order chi connectivity index (χ0) is 15.0. The highest BCUT2D eigenvalue weighted by molar-refractivity contribution is 5.37. The molecule has 0 saturated carbocycles. The van der Waals surface area contributed by atoms with Gasteiger partial charge in [-0.3, -0.25) is 0 Å². The van der Waals surface area contributed by atoms with Gasteiger partial charge in [-0.05, 0) is 16.1 Å². The summed E-state index contributed by atoms with van der Waals surface area (Å²) in [7, 11) is 0. The number of hydrogen-bond donors (Lipinski definition) is 0. The van der Waals surface area contributed by atoms with Gasteiger partial charge in [0.1, 0.15) is 0 Å². The second-order valence-electron chi connectivity index (χ2n) is 6.92. The number of aromatic nitrogens is 2. The molecule has 1 fully saturated rings. The third kappa shape index (κ3) is 2.67. The summed E-state index contributed by atoms with van der Waals surface area (Å²) in [6.07, 6.45) is 0.